The number of rotatable bonds is 6. The highest BCUT2D eigenvalue weighted by molar-refractivity contribution is 14.0. The molecule has 5 nitrogen and oxygen atoms in total. The summed E-state index contributed by atoms with van der Waals surface area (Å²) in [4.78, 5) is 10.7. The number of aryl methyl sites for hydroxylation is 2. The van der Waals surface area contributed by atoms with E-state index in [9.17, 15) is 0 Å². The zero-order valence-corrected chi connectivity index (χ0v) is 19.4. The summed E-state index contributed by atoms with van der Waals surface area (Å²) in [5.41, 5.74) is 2.41. The van der Waals surface area contributed by atoms with Crippen LogP contribution < -0.4 is 15.4 Å². The number of guanidine groups is 1. The van der Waals surface area contributed by atoms with Gasteiger partial charge in [-0.2, -0.15) is 0 Å². The van der Waals surface area contributed by atoms with E-state index in [0.717, 1.165) is 56.5 Å². The third-order valence-corrected chi connectivity index (χ3v) is 5.73. The van der Waals surface area contributed by atoms with Gasteiger partial charge in [0.05, 0.1) is 17.3 Å². The molecule has 0 aliphatic carbocycles. The quantitative estimate of drug-likeness (QED) is 0.357. The van der Waals surface area contributed by atoms with Crippen molar-refractivity contribution in [2.45, 2.75) is 39.5 Å². The highest BCUT2D eigenvalue weighted by Crippen LogP contribution is 2.33. The van der Waals surface area contributed by atoms with Gasteiger partial charge < -0.3 is 15.4 Å². The molecule has 1 aliphatic rings. The van der Waals surface area contributed by atoms with Gasteiger partial charge in [0.25, 0.3) is 0 Å². The minimum absolute atomic E-state index is 0. The summed E-state index contributed by atoms with van der Waals surface area (Å²) in [6, 6.07) is 8.30. The Hall–Kier alpha value is -1.35. The number of aliphatic imine (C=N–C) groups is 1. The molecule has 0 saturated carbocycles. The average Bonchev–Trinajstić information content (AvgIpc) is 2.97. The van der Waals surface area contributed by atoms with Gasteiger partial charge in [-0.25, -0.2) is 4.98 Å². The zero-order valence-electron chi connectivity index (χ0n) is 16.2. The molecule has 0 fully saturated rings. The second-order valence-electron chi connectivity index (χ2n) is 6.52. The van der Waals surface area contributed by atoms with Crippen LogP contribution in [0.15, 0.2) is 29.3 Å². The van der Waals surface area contributed by atoms with Crippen molar-refractivity contribution >= 4 is 41.3 Å². The number of hydrogen-bond acceptors (Lipinski definition) is 4. The van der Waals surface area contributed by atoms with E-state index in [4.69, 9.17) is 9.73 Å². The maximum Gasteiger partial charge on any atom is 0.191 e. The van der Waals surface area contributed by atoms with Gasteiger partial charge in [0, 0.05) is 36.9 Å². The summed E-state index contributed by atoms with van der Waals surface area (Å²) in [6.07, 6.45) is 1.93. The molecule has 1 aromatic heterocycles. The molecular weight excluding hydrogens is 471 g/mol. The molecule has 7 heteroatoms. The summed E-state index contributed by atoms with van der Waals surface area (Å²) in [5, 5.41) is 7.96. The monoisotopic (exact) mass is 500 g/mol. The standard InChI is InChI=1S/C20H28N4OS.HI/c1-4-21-20(22-11-9-19-24-14(2)15(3)26-19)23-13-16-10-12-25-18-8-6-5-7-17(16)18;/h5-8,16H,4,9-13H2,1-3H3,(H2,21,22,23);1H. The van der Waals surface area contributed by atoms with Crippen LogP contribution in [0.2, 0.25) is 0 Å². The van der Waals surface area contributed by atoms with Gasteiger partial charge in [-0.3, -0.25) is 4.99 Å². The Morgan fingerprint density at radius 1 is 1.30 bits per heavy atom. The van der Waals surface area contributed by atoms with Crippen LogP contribution in [0.3, 0.4) is 0 Å². The van der Waals surface area contributed by atoms with E-state index in [1.807, 2.05) is 12.1 Å². The van der Waals surface area contributed by atoms with Crippen LogP contribution in [0.5, 0.6) is 5.75 Å². The molecule has 2 heterocycles. The Balaban J connectivity index is 0.00000261. The van der Waals surface area contributed by atoms with Gasteiger partial charge in [0.1, 0.15) is 5.75 Å². The third-order valence-electron chi connectivity index (χ3n) is 4.60. The zero-order chi connectivity index (χ0) is 18.4. The molecule has 1 aliphatic heterocycles. The lowest BCUT2D eigenvalue weighted by molar-refractivity contribution is 0.269. The van der Waals surface area contributed by atoms with Crippen molar-refractivity contribution in [1.29, 1.82) is 0 Å². The maximum absolute atomic E-state index is 5.75. The SMILES string of the molecule is CCNC(=NCC1CCOc2ccccc21)NCCc1nc(C)c(C)s1.I. The van der Waals surface area contributed by atoms with Crippen LogP contribution in [0.4, 0.5) is 0 Å². The van der Waals surface area contributed by atoms with E-state index in [0.29, 0.717) is 5.92 Å². The molecule has 27 heavy (non-hydrogen) atoms. The largest absolute Gasteiger partial charge is 0.493 e. The number of aromatic nitrogens is 1. The van der Waals surface area contributed by atoms with Crippen molar-refractivity contribution in [2.75, 3.05) is 26.2 Å². The summed E-state index contributed by atoms with van der Waals surface area (Å²) in [5.74, 6) is 2.30. The van der Waals surface area contributed by atoms with Crippen LogP contribution >= 0.6 is 35.3 Å². The van der Waals surface area contributed by atoms with Crippen molar-refractivity contribution in [2.24, 2.45) is 4.99 Å². The first-order valence-electron chi connectivity index (χ1n) is 9.34. The molecule has 1 aromatic carbocycles. The molecule has 0 radical (unpaired) electrons. The van der Waals surface area contributed by atoms with Crippen LogP contribution in [-0.4, -0.2) is 37.2 Å². The van der Waals surface area contributed by atoms with Crippen LogP contribution in [0.1, 0.15) is 40.4 Å². The number of hydrogen-bond donors (Lipinski definition) is 2. The second-order valence-corrected chi connectivity index (χ2v) is 7.81. The average molecular weight is 500 g/mol. The first-order chi connectivity index (χ1) is 12.7. The lowest BCUT2D eigenvalue weighted by Gasteiger charge is -2.25. The lowest BCUT2D eigenvalue weighted by Crippen LogP contribution is -2.38. The Bertz CT molecular complexity index is 743. The van der Waals surface area contributed by atoms with Gasteiger partial charge in [0.2, 0.25) is 0 Å². The Morgan fingerprint density at radius 3 is 2.85 bits per heavy atom. The molecule has 1 unspecified atom stereocenters. The number of nitrogens with one attached hydrogen (secondary N) is 2. The normalized spacial score (nSPS) is 16.1. The Kier molecular flexibility index (Phi) is 8.82. The fraction of sp³-hybridized carbons (Fsp3) is 0.500. The molecule has 0 saturated heterocycles. The van der Waals surface area contributed by atoms with E-state index < -0.39 is 0 Å². The van der Waals surface area contributed by atoms with Crippen molar-refractivity contribution in [1.82, 2.24) is 15.6 Å². The minimum atomic E-state index is 0. The van der Waals surface area contributed by atoms with Crippen LogP contribution in [-0.2, 0) is 6.42 Å². The number of benzene rings is 1. The minimum Gasteiger partial charge on any atom is -0.493 e. The third kappa shape index (κ3) is 6.07. The van der Waals surface area contributed by atoms with Crippen molar-refractivity contribution in [3.05, 3.63) is 45.4 Å². The second kappa shape index (κ2) is 10.8. The molecule has 2 aromatic rings. The number of fused-ring (bicyclic) bond motifs is 1. The predicted octanol–water partition coefficient (Wildman–Crippen LogP) is 4.04. The Morgan fingerprint density at radius 2 is 2.11 bits per heavy atom. The number of ether oxygens (including phenoxy) is 1. The molecule has 3 rings (SSSR count). The number of nitrogens with zero attached hydrogens (tertiary/aromatic N) is 2. The molecule has 0 bridgehead atoms. The number of thiazole rings is 1. The van der Waals surface area contributed by atoms with Crippen molar-refractivity contribution in [3.63, 3.8) is 0 Å². The van der Waals surface area contributed by atoms with Gasteiger partial charge in [-0.05, 0) is 38.8 Å². The van der Waals surface area contributed by atoms with E-state index in [1.54, 1.807) is 11.3 Å². The fourth-order valence-corrected chi connectivity index (χ4v) is 4.02. The number of halogens is 1. The molecule has 0 amide bonds. The van der Waals surface area contributed by atoms with Crippen LogP contribution in [0, 0.1) is 13.8 Å². The maximum atomic E-state index is 5.75. The molecule has 148 valence electrons. The van der Waals surface area contributed by atoms with Gasteiger partial charge in [-0.1, -0.05) is 18.2 Å². The van der Waals surface area contributed by atoms with Gasteiger partial charge >= 0.3 is 0 Å². The topological polar surface area (TPSA) is 58.5 Å². The summed E-state index contributed by atoms with van der Waals surface area (Å²) < 4.78 is 5.75. The fourth-order valence-electron chi connectivity index (χ4n) is 3.08. The molecular formula is C20H29IN4OS. The van der Waals surface area contributed by atoms with E-state index >= 15 is 0 Å². The highest BCUT2D eigenvalue weighted by atomic mass is 127. The van der Waals surface area contributed by atoms with E-state index in [-0.39, 0.29) is 24.0 Å². The number of para-hydroxylation sites is 1. The molecule has 0 spiro atoms. The molecule has 2 N–H and O–H groups in total. The summed E-state index contributed by atoms with van der Waals surface area (Å²) in [6.45, 7) is 9.51. The van der Waals surface area contributed by atoms with Gasteiger partial charge in [0.15, 0.2) is 5.96 Å². The summed E-state index contributed by atoms with van der Waals surface area (Å²) >= 11 is 1.78. The smallest absolute Gasteiger partial charge is 0.191 e. The van der Waals surface area contributed by atoms with E-state index in [2.05, 4.69) is 48.5 Å². The molecule has 1 atom stereocenters. The lowest BCUT2D eigenvalue weighted by atomic mass is 9.93. The predicted molar refractivity (Wildman–Crippen MR) is 124 cm³/mol. The van der Waals surface area contributed by atoms with Crippen molar-refractivity contribution < 1.29 is 4.74 Å². The van der Waals surface area contributed by atoms with Crippen molar-refractivity contribution in [3.8, 4) is 5.75 Å². The Labute approximate surface area is 183 Å². The van der Waals surface area contributed by atoms with E-state index in [1.165, 1.54) is 15.4 Å². The first kappa shape index (κ1) is 21.9. The van der Waals surface area contributed by atoms with Crippen LogP contribution in [0.25, 0.3) is 0 Å². The first-order valence-corrected chi connectivity index (χ1v) is 10.2. The highest BCUT2D eigenvalue weighted by Gasteiger charge is 2.20. The van der Waals surface area contributed by atoms with Gasteiger partial charge in [-0.15, -0.1) is 35.3 Å². The summed E-state index contributed by atoms with van der Waals surface area (Å²) in [7, 11) is 0.